The van der Waals surface area contributed by atoms with Crippen LogP contribution in [0.3, 0.4) is 0 Å². The lowest BCUT2D eigenvalue weighted by atomic mass is 10.1. The van der Waals surface area contributed by atoms with E-state index >= 15 is 0 Å². The average molecular weight is 393 g/mol. The zero-order valence-electron chi connectivity index (χ0n) is 13.4. The summed E-state index contributed by atoms with van der Waals surface area (Å²) in [5.74, 6) is -1.28. The first-order valence-corrected chi connectivity index (χ1v) is 7.29. The van der Waals surface area contributed by atoms with Crippen LogP contribution in [0.15, 0.2) is 12.1 Å². The molecule has 0 spiro atoms. The number of alkyl halides is 3. The summed E-state index contributed by atoms with van der Waals surface area (Å²) >= 11 is 5.82. The predicted octanol–water partition coefficient (Wildman–Crippen LogP) is 2.07. The highest BCUT2D eigenvalue weighted by atomic mass is 35.5. The molecule has 2 aromatic rings. The Bertz CT molecular complexity index is 839. The topological polar surface area (TPSA) is 111 Å². The lowest BCUT2D eigenvalue weighted by Crippen LogP contribution is -2.19. The highest BCUT2D eigenvalue weighted by Gasteiger charge is 2.35. The Morgan fingerprint density at radius 3 is 2.58 bits per heavy atom. The second kappa shape index (κ2) is 7.66. The van der Waals surface area contributed by atoms with E-state index in [1.54, 1.807) is 0 Å². The van der Waals surface area contributed by atoms with Gasteiger partial charge in [-0.3, -0.25) is 25.2 Å². The third-order valence-electron chi connectivity index (χ3n) is 2.96. The van der Waals surface area contributed by atoms with Crippen LogP contribution in [0.5, 0.6) is 0 Å². The Morgan fingerprint density at radius 2 is 2.04 bits per heavy atom. The van der Waals surface area contributed by atoms with Gasteiger partial charge in [0.05, 0.1) is 21.8 Å². The smallest absolute Gasteiger partial charge is 0.297 e. The van der Waals surface area contributed by atoms with Crippen molar-refractivity contribution in [1.29, 1.82) is 0 Å². The zero-order valence-corrected chi connectivity index (χ0v) is 14.1. The minimum atomic E-state index is -4.77. The maximum atomic E-state index is 13.2. The van der Waals surface area contributed by atoms with E-state index in [1.165, 1.54) is 14.0 Å². The number of Topliss-reactive ketones (excluding diaryl/α,β-unsaturated/α-hetero) is 1. The minimum absolute atomic E-state index is 0.0340. The molecule has 13 heteroatoms. The summed E-state index contributed by atoms with van der Waals surface area (Å²) < 4.78 is 40.6. The fraction of sp³-hybridized carbons (Fsp3) is 0.308. The number of anilines is 2. The number of aromatic nitrogens is 4. The molecular weight excluding hydrogens is 381 g/mol. The number of halogens is 4. The van der Waals surface area contributed by atoms with Gasteiger partial charge in [0.2, 0.25) is 5.95 Å². The number of rotatable bonds is 6. The number of ketones is 1. The standard InChI is InChI=1S/C13H12ClF3N6O3/c1-6(24)5-26-20-10-3-7(9(14)4-8(10)13(15,16)17)11(25)18-12-19-21-22-23(12)2/h3-4,20H,5H2,1-2H3,(H,18,19,22,25). The van der Waals surface area contributed by atoms with E-state index in [4.69, 9.17) is 16.4 Å². The summed E-state index contributed by atoms with van der Waals surface area (Å²) in [6.45, 7) is 0.730. The summed E-state index contributed by atoms with van der Waals surface area (Å²) in [5, 5.41) is 12.2. The van der Waals surface area contributed by atoms with Crippen LogP contribution in [0.1, 0.15) is 22.8 Å². The van der Waals surface area contributed by atoms with Gasteiger partial charge in [0.15, 0.2) is 5.78 Å². The first-order valence-electron chi connectivity index (χ1n) is 6.91. The van der Waals surface area contributed by atoms with E-state index in [-0.39, 0.29) is 11.5 Å². The molecule has 140 valence electrons. The van der Waals surface area contributed by atoms with Crippen LogP contribution in [-0.4, -0.2) is 38.5 Å². The van der Waals surface area contributed by atoms with Crippen molar-refractivity contribution in [1.82, 2.24) is 20.2 Å². The van der Waals surface area contributed by atoms with Gasteiger partial charge in [0.1, 0.15) is 6.61 Å². The molecule has 0 saturated carbocycles. The van der Waals surface area contributed by atoms with Crippen LogP contribution in [0, 0.1) is 0 Å². The Balaban J connectivity index is 2.35. The van der Waals surface area contributed by atoms with Crippen molar-refractivity contribution in [3.63, 3.8) is 0 Å². The summed E-state index contributed by atoms with van der Waals surface area (Å²) in [5.41, 5.74) is -0.00528. The van der Waals surface area contributed by atoms with Crippen molar-refractivity contribution in [3.05, 3.63) is 28.3 Å². The fourth-order valence-electron chi connectivity index (χ4n) is 1.79. The average Bonchev–Trinajstić information content (AvgIpc) is 2.92. The van der Waals surface area contributed by atoms with Gasteiger partial charge in [-0.1, -0.05) is 16.7 Å². The lowest BCUT2D eigenvalue weighted by molar-refractivity contribution is -0.137. The first kappa shape index (κ1) is 19.6. The number of nitrogens with one attached hydrogen (secondary N) is 2. The SMILES string of the molecule is CC(=O)CONc1cc(C(=O)Nc2nnnn2C)c(Cl)cc1C(F)(F)F. The molecule has 0 radical (unpaired) electrons. The Morgan fingerprint density at radius 1 is 1.35 bits per heavy atom. The third-order valence-corrected chi connectivity index (χ3v) is 3.27. The fourth-order valence-corrected chi connectivity index (χ4v) is 2.04. The molecule has 0 bridgehead atoms. The molecule has 1 aromatic heterocycles. The van der Waals surface area contributed by atoms with Gasteiger partial charge in [-0.25, -0.2) is 4.68 Å². The van der Waals surface area contributed by atoms with Gasteiger partial charge in [-0.15, -0.1) is 0 Å². The Kier molecular flexibility index (Phi) is 5.77. The predicted molar refractivity (Wildman–Crippen MR) is 83.5 cm³/mol. The molecule has 2 rings (SSSR count). The molecule has 0 fully saturated rings. The first-order chi connectivity index (χ1) is 12.1. The lowest BCUT2D eigenvalue weighted by Gasteiger charge is -2.16. The molecule has 1 amide bonds. The summed E-state index contributed by atoms with van der Waals surface area (Å²) in [4.78, 5) is 27.8. The quantitative estimate of drug-likeness (QED) is 0.724. The Labute approximate surface area is 149 Å². The van der Waals surface area contributed by atoms with E-state index in [0.29, 0.717) is 6.07 Å². The number of carbonyl (C=O) groups excluding carboxylic acids is 2. The van der Waals surface area contributed by atoms with E-state index in [1.807, 2.05) is 5.48 Å². The molecule has 0 saturated heterocycles. The van der Waals surface area contributed by atoms with Crippen molar-refractivity contribution >= 4 is 34.9 Å². The van der Waals surface area contributed by atoms with Crippen molar-refractivity contribution < 1.29 is 27.6 Å². The summed E-state index contributed by atoms with van der Waals surface area (Å²) in [7, 11) is 1.45. The van der Waals surface area contributed by atoms with Gasteiger partial charge in [0.25, 0.3) is 5.91 Å². The zero-order chi connectivity index (χ0) is 19.5. The highest BCUT2D eigenvalue weighted by Crippen LogP contribution is 2.38. The molecule has 1 aromatic carbocycles. The molecule has 1 heterocycles. The van der Waals surface area contributed by atoms with Crippen molar-refractivity contribution in [2.75, 3.05) is 17.4 Å². The van der Waals surface area contributed by atoms with Crippen molar-refractivity contribution in [3.8, 4) is 0 Å². The monoisotopic (exact) mass is 392 g/mol. The van der Waals surface area contributed by atoms with E-state index in [9.17, 15) is 22.8 Å². The number of amides is 1. The van der Waals surface area contributed by atoms with Crippen LogP contribution in [-0.2, 0) is 22.9 Å². The van der Waals surface area contributed by atoms with Gasteiger partial charge < -0.3 is 0 Å². The van der Waals surface area contributed by atoms with Gasteiger partial charge in [-0.05, 0) is 29.5 Å². The third kappa shape index (κ3) is 4.67. The summed E-state index contributed by atoms with van der Waals surface area (Å²) in [6.07, 6.45) is -4.77. The molecule has 0 atom stereocenters. The summed E-state index contributed by atoms with van der Waals surface area (Å²) in [6, 6.07) is 1.43. The van der Waals surface area contributed by atoms with Gasteiger partial charge in [0, 0.05) is 7.05 Å². The number of tetrazole rings is 1. The molecule has 26 heavy (non-hydrogen) atoms. The van der Waals surface area contributed by atoms with E-state index in [0.717, 1.165) is 10.7 Å². The highest BCUT2D eigenvalue weighted by molar-refractivity contribution is 6.34. The van der Waals surface area contributed by atoms with Crippen LogP contribution >= 0.6 is 11.6 Å². The molecule has 2 N–H and O–H groups in total. The van der Waals surface area contributed by atoms with Crippen LogP contribution < -0.4 is 10.8 Å². The van der Waals surface area contributed by atoms with E-state index in [2.05, 4.69) is 20.8 Å². The Hall–Kier alpha value is -2.73. The number of hydrogen-bond acceptors (Lipinski definition) is 7. The van der Waals surface area contributed by atoms with Crippen LogP contribution in [0.25, 0.3) is 0 Å². The van der Waals surface area contributed by atoms with E-state index < -0.39 is 40.7 Å². The second-order valence-corrected chi connectivity index (χ2v) is 5.46. The van der Waals surface area contributed by atoms with Gasteiger partial charge >= 0.3 is 6.18 Å². The minimum Gasteiger partial charge on any atom is -0.297 e. The normalized spacial score (nSPS) is 11.3. The number of carbonyl (C=O) groups is 2. The molecule has 0 unspecified atom stereocenters. The van der Waals surface area contributed by atoms with Gasteiger partial charge in [-0.2, -0.15) is 13.2 Å². The van der Waals surface area contributed by atoms with Crippen LogP contribution in [0.4, 0.5) is 24.8 Å². The molecule has 9 nitrogen and oxygen atoms in total. The van der Waals surface area contributed by atoms with Crippen molar-refractivity contribution in [2.45, 2.75) is 13.1 Å². The number of benzene rings is 1. The molecular formula is C13H12ClF3N6O3. The van der Waals surface area contributed by atoms with Crippen LogP contribution in [0.2, 0.25) is 5.02 Å². The molecule has 0 aliphatic carbocycles. The second-order valence-electron chi connectivity index (χ2n) is 5.05. The number of nitrogens with zero attached hydrogens (tertiary/aromatic N) is 4. The number of aryl methyl sites for hydroxylation is 1. The van der Waals surface area contributed by atoms with Crippen molar-refractivity contribution in [2.24, 2.45) is 7.05 Å². The molecule has 0 aliphatic heterocycles. The number of hydrogen-bond donors (Lipinski definition) is 2. The molecule has 0 aliphatic rings. The maximum absolute atomic E-state index is 13.2. The maximum Gasteiger partial charge on any atom is 0.418 e. The largest absolute Gasteiger partial charge is 0.418 e.